The second-order valence-electron chi connectivity index (χ2n) is 7.98. The maximum atomic E-state index is 12.7. The van der Waals surface area contributed by atoms with Crippen molar-refractivity contribution in [3.63, 3.8) is 0 Å². The van der Waals surface area contributed by atoms with Gasteiger partial charge in [-0.2, -0.15) is 0 Å². The van der Waals surface area contributed by atoms with Crippen molar-refractivity contribution < 1.29 is 24.2 Å². The van der Waals surface area contributed by atoms with Crippen LogP contribution >= 0.6 is 0 Å². The fraction of sp³-hybridized carbons (Fsp3) is 0.545. The highest BCUT2D eigenvalue weighted by Crippen LogP contribution is 2.22. The first-order valence-electron chi connectivity index (χ1n) is 10.6. The number of aliphatic carboxylic acids is 1. The van der Waals surface area contributed by atoms with Crippen LogP contribution in [0.2, 0.25) is 0 Å². The number of rotatable bonds is 11. The van der Waals surface area contributed by atoms with Gasteiger partial charge in [0.1, 0.15) is 24.1 Å². The van der Waals surface area contributed by atoms with Crippen LogP contribution < -0.4 is 10.6 Å². The molecule has 0 saturated heterocycles. The van der Waals surface area contributed by atoms with E-state index in [1.807, 2.05) is 6.92 Å². The summed E-state index contributed by atoms with van der Waals surface area (Å²) in [5, 5.41) is 15.1. The summed E-state index contributed by atoms with van der Waals surface area (Å²) in [6.45, 7) is 9.86. The van der Waals surface area contributed by atoms with E-state index < -0.39 is 17.9 Å². The number of hydrogen-bond acceptors (Lipinski definition) is 6. The molecule has 2 aromatic rings. The zero-order chi connectivity index (χ0) is 23.1. The molecule has 0 bridgehead atoms. The number of amides is 1. The highest BCUT2D eigenvalue weighted by Gasteiger charge is 2.26. The summed E-state index contributed by atoms with van der Waals surface area (Å²) in [5.74, 6) is -1.09. The molecule has 0 aromatic carbocycles. The van der Waals surface area contributed by atoms with Crippen molar-refractivity contribution in [2.24, 2.45) is 11.8 Å². The number of imidazole rings is 1. The molecule has 0 aliphatic heterocycles. The number of carbonyl (C=O) groups is 3. The van der Waals surface area contributed by atoms with Crippen LogP contribution in [0.5, 0.6) is 0 Å². The molecule has 0 fully saturated rings. The molecule has 2 atom stereocenters. The zero-order valence-electron chi connectivity index (χ0n) is 18.8. The Morgan fingerprint density at radius 1 is 1.23 bits per heavy atom. The molecular formula is C22H32N4O5. The molecule has 9 nitrogen and oxygen atoms in total. The summed E-state index contributed by atoms with van der Waals surface area (Å²) in [5.41, 5.74) is 1.63. The van der Waals surface area contributed by atoms with E-state index in [1.54, 1.807) is 36.6 Å². The normalized spacial score (nSPS) is 13.1. The monoisotopic (exact) mass is 432 g/mol. The molecule has 2 unspecified atom stereocenters. The fourth-order valence-corrected chi connectivity index (χ4v) is 3.23. The molecule has 2 heterocycles. The Bertz CT molecular complexity index is 937. The lowest BCUT2D eigenvalue weighted by Gasteiger charge is -2.20. The minimum Gasteiger partial charge on any atom is -0.480 e. The molecule has 9 heteroatoms. The highest BCUT2D eigenvalue weighted by molar-refractivity contribution is 5.97. The van der Waals surface area contributed by atoms with Crippen molar-refractivity contribution in [3.05, 3.63) is 29.6 Å². The number of carboxylic acids is 1. The average molecular weight is 433 g/mol. The summed E-state index contributed by atoms with van der Waals surface area (Å²) in [6, 6.07) is 2.25. The minimum absolute atomic E-state index is 0.00413. The van der Waals surface area contributed by atoms with Crippen LogP contribution in [-0.4, -0.2) is 51.5 Å². The van der Waals surface area contributed by atoms with Crippen LogP contribution in [0.1, 0.15) is 57.1 Å². The van der Waals surface area contributed by atoms with Crippen molar-refractivity contribution in [3.8, 4) is 0 Å². The first kappa shape index (κ1) is 24.2. The van der Waals surface area contributed by atoms with Crippen LogP contribution in [0.25, 0.3) is 5.65 Å². The maximum Gasteiger partial charge on any atom is 0.326 e. The van der Waals surface area contributed by atoms with E-state index in [0.29, 0.717) is 42.4 Å². The van der Waals surface area contributed by atoms with E-state index in [1.165, 1.54) is 0 Å². The zero-order valence-corrected chi connectivity index (χ0v) is 18.8. The number of carboxylic acid groups (broad SMARTS) is 1. The number of pyridine rings is 1. The van der Waals surface area contributed by atoms with E-state index >= 15 is 0 Å². The van der Waals surface area contributed by atoms with Crippen molar-refractivity contribution in [2.45, 2.75) is 53.5 Å². The molecule has 170 valence electrons. The Labute approximate surface area is 182 Å². The molecule has 1 amide bonds. The van der Waals surface area contributed by atoms with Crippen molar-refractivity contribution in [1.82, 2.24) is 14.7 Å². The molecule has 0 radical (unpaired) electrons. The van der Waals surface area contributed by atoms with E-state index in [0.717, 1.165) is 5.69 Å². The minimum atomic E-state index is -1.06. The number of nitrogens with zero attached hydrogens (tertiary/aromatic N) is 2. The van der Waals surface area contributed by atoms with Gasteiger partial charge in [0.15, 0.2) is 0 Å². The SMILES string of the molecule is CCOC(=O)CNc1c(CC(C)C)nc2cc(C(=O)NC(C(=O)O)C(C)CC)ccn12. The largest absolute Gasteiger partial charge is 0.480 e. The molecule has 2 aromatic heterocycles. The van der Waals surface area contributed by atoms with E-state index in [-0.39, 0.29) is 18.4 Å². The lowest BCUT2D eigenvalue weighted by Crippen LogP contribution is -2.45. The number of nitrogens with one attached hydrogen (secondary N) is 2. The van der Waals surface area contributed by atoms with Gasteiger partial charge >= 0.3 is 11.9 Å². The number of hydrogen-bond donors (Lipinski definition) is 3. The number of anilines is 1. The average Bonchev–Trinajstić information content (AvgIpc) is 3.05. The number of carbonyl (C=O) groups excluding carboxylic acids is 2. The van der Waals surface area contributed by atoms with Gasteiger partial charge < -0.3 is 20.5 Å². The molecule has 0 spiro atoms. The first-order valence-corrected chi connectivity index (χ1v) is 10.6. The predicted octanol–water partition coefficient (Wildman–Crippen LogP) is 2.74. The number of fused-ring (bicyclic) bond motifs is 1. The molecule has 31 heavy (non-hydrogen) atoms. The van der Waals surface area contributed by atoms with Crippen LogP contribution in [0.15, 0.2) is 18.3 Å². The van der Waals surface area contributed by atoms with E-state index in [9.17, 15) is 19.5 Å². The quantitative estimate of drug-likeness (QED) is 0.467. The smallest absolute Gasteiger partial charge is 0.326 e. The second kappa shape index (κ2) is 10.8. The highest BCUT2D eigenvalue weighted by atomic mass is 16.5. The van der Waals surface area contributed by atoms with Gasteiger partial charge in [0, 0.05) is 11.8 Å². The molecule has 0 aliphatic carbocycles. The lowest BCUT2D eigenvalue weighted by atomic mass is 9.99. The van der Waals surface area contributed by atoms with Crippen molar-refractivity contribution in [1.29, 1.82) is 0 Å². The summed E-state index contributed by atoms with van der Waals surface area (Å²) in [7, 11) is 0. The molecule has 3 N–H and O–H groups in total. The lowest BCUT2D eigenvalue weighted by molar-refractivity contribution is -0.141. The van der Waals surface area contributed by atoms with Crippen molar-refractivity contribution in [2.75, 3.05) is 18.5 Å². The Hall–Kier alpha value is -3.10. The van der Waals surface area contributed by atoms with Crippen LogP contribution in [0.3, 0.4) is 0 Å². The Morgan fingerprint density at radius 3 is 2.52 bits per heavy atom. The summed E-state index contributed by atoms with van der Waals surface area (Å²) in [4.78, 5) is 40.6. The van der Waals surface area contributed by atoms with Gasteiger partial charge in [-0.25, -0.2) is 9.78 Å². The fourth-order valence-electron chi connectivity index (χ4n) is 3.23. The Kier molecular flexibility index (Phi) is 8.41. The van der Waals surface area contributed by atoms with Crippen LogP contribution in [0.4, 0.5) is 5.82 Å². The topological polar surface area (TPSA) is 122 Å². The van der Waals surface area contributed by atoms with Gasteiger partial charge in [0.2, 0.25) is 0 Å². The third kappa shape index (κ3) is 6.19. The van der Waals surface area contributed by atoms with Gasteiger partial charge in [-0.15, -0.1) is 0 Å². The van der Waals surface area contributed by atoms with Gasteiger partial charge in [-0.1, -0.05) is 34.1 Å². The number of aromatic nitrogens is 2. The summed E-state index contributed by atoms with van der Waals surface area (Å²) >= 11 is 0. The van der Waals surface area contributed by atoms with Crippen molar-refractivity contribution >= 4 is 29.3 Å². The number of esters is 1. The van der Waals surface area contributed by atoms with Crippen LogP contribution in [-0.2, 0) is 20.7 Å². The Morgan fingerprint density at radius 2 is 1.94 bits per heavy atom. The third-order valence-corrected chi connectivity index (χ3v) is 5.03. The predicted molar refractivity (Wildman–Crippen MR) is 117 cm³/mol. The molecule has 0 saturated carbocycles. The van der Waals surface area contributed by atoms with Gasteiger partial charge in [-0.05, 0) is 37.3 Å². The second-order valence-corrected chi connectivity index (χ2v) is 7.98. The van der Waals surface area contributed by atoms with E-state index in [4.69, 9.17) is 4.74 Å². The standard InChI is InChI=1S/C22H32N4O5/c1-6-14(5)19(22(29)30)25-21(28)15-8-9-26-17(11-15)24-16(10-13(3)4)20(26)23-12-18(27)31-7-2/h8-9,11,13-14,19,23H,6-7,10,12H2,1-5H3,(H,25,28)(H,29,30). The van der Waals surface area contributed by atoms with E-state index in [2.05, 4.69) is 29.5 Å². The number of ether oxygens (including phenoxy) is 1. The maximum absolute atomic E-state index is 12.7. The molecular weight excluding hydrogens is 400 g/mol. The summed E-state index contributed by atoms with van der Waals surface area (Å²) in [6.07, 6.45) is 3.00. The third-order valence-electron chi connectivity index (χ3n) is 5.03. The van der Waals surface area contributed by atoms with Crippen LogP contribution in [0, 0.1) is 11.8 Å². The first-order chi connectivity index (χ1) is 14.7. The Balaban J connectivity index is 2.33. The van der Waals surface area contributed by atoms with Gasteiger partial charge in [-0.3, -0.25) is 14.0 Å². The summed E-state index contributed by atoms with van der Waals surface area (Å²) < 4.78 is 6.75. The molecule has 0 aliphatic rings. The molecule has 2 rings (SSSR count). The van der Waals surface area contributed by atoms with Gasteiger partial charge in [0.25, 0.3) is 5.91 Å². The van der Waals surface area contributed by atoms with Gasteiger partial charge in [0.05, 0.1) is 12.3 Å².